The summed E-state index contributed by atoms with van der Waals surface area (Å²) < 4.78 is 37.4. The Labute approximate surface area is 164 Å². The summed E-state index contributed by atoms with van der Waals surface area (Å²) in [6.07, 6.45) is -3.46. The first kappa shape index (κ1) is 20.9. The Kier molecular flexibility index (Phi) is 6.82. The minimum Gasteiger partial charge on any atom is -0.338 e. The summed E-state index contributed by atoms with van der Waals surface area (Å²) in [5, 5.41) is 2.91. The maximum Gasteiger partial charge on any atom is 0.401 e. The van der Waals surface area contributed by atoms with Gasteiger partial charge in [0.05, 0.1) is 6.54 Å². The molecule has 0 aromatic heterocycles. The van der Waals surface area contributed by atoms with Gasteiger partial charge in [0.15, 0.2) is 0 Å². The molecule has 2 heterocycles. The molecule has 0 saturated carbocycles. The van der Waals surface area contributed by atoms with Crippen molar-refractivity contribution in [3.63, 3.8) is 0 Å². The number of aryl methyl sites for hydroxylation is 1. The standard InChI is InChI=1S/C20H29F3N4O/c1-16-3-2-4-17(11-16)13-25-7-9-27(10-8-25)19(28)24-12-18-5-6-26(14-18)15-20(21,22)23/h2-4,11,18H,5-10,12-15H2,1H3,(H,24,28). The first-order valence-corrected chi connectivity index (χ1v) is 9.88. The molecule has 1 atom stereocenters. The predicted octanol–water partition coefficient (Wildman–Crippen LogP) is 2.71. The molecule has 8 heteroatoms. The van der Waals surface area contributed by atoms with E-state index < -0.39 is 12.7 Å². The molecule has 0 bridgehead atoms. The first-order valence-electron chi connectivity index (χ1n) is 9.88. The second kappa shape index (κ2) is 9.13. The van der Waals surface area contributed by atoms with Crippen LogP contribution in [0, 0.1) is 12.8 Å². The third-order valence-electron chi connectivity index (χ3n) is 5.46. The van der Waals surface area contributed by atoms with Gasteiger partial charge in [-0.05, 0) is 31.4 Å². The highest BCUT2D eigenvalue weighted by molar-refractivity contribution is 5.74. The molecule has 3 rings (SSSR count). The number of nitrogens with zero attached hydrogens (tertiary/aromatic N) is 3. The molecule has 2 aliphatic rings. The number of hydrogen-bond acceptors (Lipinski definition) is 3. The lowest BCUT2D eigenvalue weighted by atomic mass is 10.1. The zero-order valence-electron chi connectivity index (χ0n) is 16.3. The van der Waals surface area contributed by atoms with Crippen molar-refractivity contribution in [3.8, 4) is 0 Å². The van der Waals surface area contributed by atoms with Crippen LogP contribution in [0.4, 0.5) is 18.0 Å². The highest BCUT2D eigenvalue weighted by atomic mass is 19.4. The van der Waals surface area contributed by atoms with E-state index in [0.29, 0.717) is 39.1 Å². The number of hydrogen-bond donors (Lipinski definition) is 1. The molecule has 28 heavy (non-hydrogen) atoms. The van der Waals surface area contributed by atoms with Crippen molar-refractivity contribution >= 4 is 6.03 Å². The fraction of sp³-hybridized carbons (Fsp3) is 0.650. The van der Waals surface area contributed by atoms with Gasteiger partial charge in [0, 0.05) is 45.8 Å². The number of piperazine rings is 1. The number of urea groups is 1. The lowest BCUT2D eigenvalue weighted by Crippen LogP contribution is -2.52. The number of likely N-dealkylation sites (tertiary alicyclic amines) is 1. The van der Waals surface area contributed by atoms with Crippen LogP contribution in [0.25, 0.3) is 0 Å². The zero-order valence-corrected chi connectivity index (χ0v) is 16.3. The van der Waals surface area contributed by atoms with Crippen LogP contribution in [0.1, 0.15) is 17.5 Å². The minimum atomic E-state index is -4.16. The summed E-state index contributed by atoms with van der Waals surface area (Å²) in [5.74, 6) is 0.0916. The van der Waals surface area contributed by atoms with E-state index in [4.69, 9.17) is 0 Å². The van der Waals surface area contributed by atoms with Gasteiger partial charge in [-0.2, -0.15) is 13.2 Å². The van der Waals surface area contributed by atoms with Gasteiger partial charge in [-0.25, -0.2) is 4.79 Å². The van der Waals surface area contributed by atoms with Gasteiger partial charge in [-0.3, -0.25) is 9.80 Å². The predicted molar refractivity (Wildman–Crippen MR) is 102 cm³/mol. The zero-order chi connectivity index (χ0) is 20.1. The third-order valence-corrected chi connectivity index (χ3v) is 5.46. The number of amides is 2. The second-order valence-electron chi connectivity index (χ2n) is 7.94. The molecule has 2 aliphatic heterocycles. The van der Waals surface area contributed by atoms with E-state index in [0.717, 1.165) is 19.6 Å². The SMILES string of the molecule is Cc1cccc(CN2CCN(C(=O)NCC3CCN(CC(F)(F)F)C3)CC2)c1. The fourth-order valence-corrected chi connectivity index (χ4v) is 4.00. The van der Waals surface area contributed by atoms with Crippen LogP contribution in [0.5, 0.6) is 0 Å². The summed E-state index contributed by atoms with van der Waals surface area (Å²) in [6, 6.07) is 8.34. The van der Waals surface area contributed by atoms with Crippen molar-refractivity contribution in [2.75, 3.05) is 52.4 Å². The highest BCUT2D eigenvalue weighted by Gasteiger charge is 2.34. The van der Waals surface area contributed by atoms with Crippen LogP contribution in [0.15, 0.2) is 24.3 Å². The number of nitrogens with one attached hydrogen (secondary N) is 1. The van der Waals surface area contributed by atoms with Gasteiger partial charge in [-0.1, -0.05) is 29.8 Å². The highest BCUT2D eigenvalue weighted by Crippen LogP contribution is 2.22. The molecule has 0 radical (unpaired) electrons. The van der Waals surface area contributed by atoms with Gasteiger partial charge in [0.25, 0.3) is 0 Å². The Morgan fingerprint density at radius 3 is 2.57 bits per heavy atom. The van der Waals surface area contributed by atoms with E-state index >= 15 is 0 Å². The van der Waals surface area contributed by atoms with E-state index in [9.17, 15) is 18.0 Å². The van der Waals surface area contributed by atoms with Crippen LogP contribution in [-0.4, -0.2) is 79.3 Å². The number of benzene rings is 1. The Morgan fingerprint density at radius 2 is 1.89 bits per heavy atom. The van der Waals surface area contributed by atoms with Crippen molar-refractivity contribution in [2.24, 2.45) is 5.92 Å². The molecule has 0 aliphatic carbocycles. The Hall–Kier alpha value is -1.80. The summed E-state index contributed by atoms with van der Waals surface area (Å²) in [5.41, 5.74) is 2.53. The second-order valence-corrected chi connectivity index (χ2v) is 7.94. The topological polar surface area (TPSA) is 38.8 Å². The third kappa shape index (κ3) is 6.38. The molecule has 2 fully saturated rings. The molecule has 0 spiro atoms. The smallest absolute Gasteiger partial charge is 0.338 e. The van der Waals surface area contributed by atoms with Crippen molar-refractivity contribution in [1.29, 1.82) is 0 Å². The molecular formula is C20H29F3N4O. The van der Waals surface area contributed by atoms with E-state index in [2.05, 4.69) is 41.4 Å². The quantitative estimate of drug-likeness (QED) is 0.829. The molecular weight excluding hydrogens is 369 g/mol. The van der Waals surface area contributed by atoms with Crippen molar-refractivity contribution in [2.45, 2.75) is 26.1 Å². The van der Waals surface area contributed by atoms with Crippen LogP contribution in [-0.2, 0) is 6.54 Å². The molecule has 1 aromatic carbocycles. The molecule has 1 N–H and O–H groups in total. The van der Waals surface area contributed by atoms with Gasteiger partial charge >= 0.3 is 12.2 Å². The van der Waals surface area contributed by atoms with Crippen LogP contribution in [0.3, 0.4) is 0 Å². The molecule has 156 valence electrons. The van der Waals surface area contributed by atoms with Crippen molar-refractivity contribution in [1.82, 2.24) is 20.0 Å². The van der Waals surface area contributed by atoms with E-state index in [1.807, 2.05) is 0 Å². The van der Waals surface area contributed by atoms with Gasteiger partial charge in [0.2, 0.25) is 0 Å². The normalized spacial score (nSPS) is 21.9. The number of carbonyl (C=O) groups is 1. The van der Waals surface area contributed by atoms with Gasteiger partial charge in [-0.15, -0.1) is 0 Å². The van der Waals surface area contributed by atoms with Gasteiger partial charge in [0.1, 0.15) is 0 Å². The van der Waals surface area contributed by atoms with E-state index in [1.54, 1.807) is 4.90 Å². The first-order chi connectivity index (χ1) is 13.3. The molecule has 5 nitrogen and oxygen atoms in total. The van der Waals surface area contributed by atoms with Crippen LogP contribution >= 0.6 is 0 Å². The maximum absolute atomic E-state index is 12.5. The largest absolute Gasteiger partial charge is 0.401 e. The summed E-state index contributed by atoms with van der Waals surface area (Å²) in [4.78, 5) is 17.9. The van der Waals surface area contributed by atoms with E-state index in [1.165, 1.54) is 16.0 Å². The van der Waals surface area contributed by atoms with E-state index in [-0.39, 0.29) is 11.9 Å². The number of rotatable bonds is 5. The van der Waals surface area contributed by atoms with Crippen molar-refractivity contribution < 1.29 is 18.0 Å². The number of alkyl halides is 3. The molecule has 2 amide bonds. The average Bonchev–Trinajstić information content (AvgIpc) is 3.06. The summed E-state index contributed by atoms with van der Waals surface area (Å²) >= 11 is 0. The Bertz CT molecular complexity index is 659. The summed E-state index contributed by atoms with van der Waals surface area (Å²) in [7, 11) is 0. The van der Waals surface area contributed by atoms with Crippen LogP contribution in [0.2, 0.25) is 0 Å². The lowest BCUT2D eigenvalue weighted by Gasteiger charge is -2.35. The molecule has 2 saturated heterocycles. The number of carbonyl (C=O) groups excluding carboxylic acids is 1. The Balaban J connectivity index is 1.35. The Morgan fingerprint density at radius 1 is 1.14 bits per heavy atom. The molecule has 1 aromatic rings. The summed E-state index contributed by atoms with van der Waals surface area (Å²) in [6.45, 7) is 6.37. The lowest BCUT2D eigenvalue weighted by molar-refractivity contribution is -0.143. The van der Waals surface area contributed by atoms with Crippen LogP contribution < -0.4 is 5.32 Å². The minimum absolute atomic E-state index is 0.0916. The average molecular weight is 398 g/mol. The number of halogens is 3. The van der Waals surface area contributed by atoms with Gasteiger partial charge < -0.3 is 10.2 Å². The van der Waals surface area contributed by atoms with Crippen molar-refractivity contribution in [3.05, 3.63) is 35.4 Å². The fourth-order valence-electron chi connectivity index (χ4n) is 4.00. The maximum atomic E-state index is 12.5. The monoisotopic (exact) mass is 398 g/mol. The molecule has 1 unspecified atom stereocenters.